The first-order chi connectivity index (χ1) is 9.51. The summed E-state index contributed by atoms with van der Waals surface area (Å²) in [5, 5.41) is 0. The Kier molecular flexibility index (Phi) is 7.13. The third-order valence-corrected chi connectivity index (χ3v) is 2.73. The van der Waals surface area contributed by atoms with Crippen molar-refractivity contribution in [3.63, 3.8) is 0 Å². The lowest BCUT2D eigenvalue weighted by Gasteiger charge is -2.26. The van der Waals surface area contributed by atoms with Crippen LogP contribution in [0.15, 0.2) is 37.0 Å². The highest BCUT2D eigenvalue weighted by Gasteiger charge is 2.24. The van der Waals surface area contributed by atoms with Gasteiger partial charge in [-0.3, -0.25) is 0 Å². The van der Waals surface area contributed by atoms with Crippen LogP contribution in [0.4, 0.5) is 0 Å². The minimum atomic E-state index is -0.603. The van der Waals surface area contributed by atoms with E-state index in [0.717, 1.165) is 17.7 Å². The van der Waals surface area contributed by atoms with E-state index in [2.05, 4.69) is 13.2 Å². The molecule has 0 aromatic rings. The second kappa shape index (κ2) is 7.81. The lowest BCUT2D eigenvalue weighted by atomic mass is 9.96. The van der Waals surface area contributed by atoms with E-state index in [1.54, 1.807) is 0 Å². The van der Waals surface area contributed by atoms with Crippen LogP contribution in [0, 0.1) is 0 Å². The van der Waals surface area contributed by atoms with Crippen LogP contribution in [-0.2, 0) is 19.1 Å². The van der Waals surface area contributed by atoms with Gasteiger partial charge in [0.2, 0.25) is 0 Å². The Bertz CT molecular complexity index is 442. The van der Waals surface area contributed by atoms with Crippen LogP contribution in [0.3, 0.4) is 0 Å². The van der Waals surface area contributed by atoms with E-state index in [1.807, 2.05) is 40.7 Å². The SMILES string of the molecule is C=CC(=O)OC(C)(C)CC=C(C)CC(C)(C)OC(=O)C=C. The van der Waals surface area contributed by atoms with E-state index in [0.29, 0.717) is 12.8 Å². The highest BCUT2D eigenvalue weighted by atomic mass is 16.6. The van der Waals surface area contributed by atoms with Gasteiger partial charge in [0.25, 0.3) is 0 Å². The van der Waals surface area contributed by atoms with Gasteiger partial charge < -0.3 is 9.47 Å². The van der Waals surface area contributed by atoms with Crippen molar-refractivity contribution in [1.29, 1.82) is 0 Å². The number of rotatable bonds is 8. The molecule has 0 unspecified atom stereocenters. The molecule has 0 aromatic carbocycles. The predicted molar refractivity (Wildman–Crippen MR) is 83.7 cm³/mol. The Balaban J connectivity index is 4.60. The summed E-state index contributed by atoms with van der Waals surface area (Å²) in [5.74, 6) is -0.876. The standard InChI is InChI=1S/C17H26O4/c1-8-14(18)20-16(4,5)11-10-13(3)12-17(6,7)21-15(19)9-2/h8-10H,1-2,11-12H2,3-7H3. The van der Waals surface area contributed by atoms with Gasteiger partial charge in [-0.25, -0.2) is 9.59 Å². The number of carbonyl (C=O) groups is 2. The predicted octanol–water partition coefficient (Wildman–Crippen LogP) is 3.73. The molecule has 0 spiro atoms. The molecule has 4 nitrogen and oxygen atoms in total. The lowest BCUT2D eigenvalue weighted by Crippen LogP contribution is -2.28. The molecule has 0 saturated carbocycles. The molecule has 0 saturated heterocycles. The van der Waals surface area contributed by atoms with E-state index in [1.165, 1.54) is 0 Å². The van der Waals surface area contributed by atoms with Crippen molar-refractivity contribution in [2.45, 2.75) is 58.7 Å². The zero-order valence-corrected chi connectivity index (χ0v) is 13.7. The minimum Gasteiger partial charge on any atom is -0.456 e. The molecule has 0 atom stereocenters. The summed E-state index contributed by atoms with van der Waals surface area (Å²) in [7, 11) is 0. The first kappa shape index (κ1) is 19.2. The molecule has 0 heterocycles. The van der Waals surface area contributed by atoms with Crippen LogP contribution in [0.1, 0.15) is 47.5 Å². The Morgan fingerprint density at radius 1 is 0.952 bits per heavy atom. The molecule has 0 aliphatic rings. The Morgan fingerprint density at radius 3 is 1.81 bits per heavy atom. The second-order valence-corrected chi connectivity index (χ2v) is 6.20. The molecule has 0 aromatic heterocycles. The normalized spacial score (nSPS) is 12.5. The fourth-order valence-electron chi connectivity index (χ4n) is 1.87. The molecular formula is C17H26O4. The van der Waals surface area contributed by atoms with Crippen LogP contribution in [-0.4, -0.2) is 23.1 Å². The van der Waals surface area contributed by atoms with Gasteiger partial charge in [0.15, 0.2) is 0 Å². The fourth-order valence-corrected chi connectivity index (χ4v) is 1.87. The quantitative estimate of drug-likeness (QED) is 0.389. The van der Waals surface area contributed by atoms with Gasteiger partial charge in [-0.05, 0) is 34.6 Å². The molecule has 0 bridgehead atoms. The third kappa shape index (κ3) is 8.84. The summed E-state index contributed by atoms with van der Waals surface area (Å²) in [4.78, 5) is 22.5. The van der Waals surface area contributed by atoms with Crippen molar-refractivity contribution >= 4 is 11.9 Å². The van der Waals surface area contributed by atoms with E-state index in [9.17, 15) is 9.59 Å². The van der Waals surface area contributed by atoms with E-state index >= 15 is 0 Å². The van der Waals surface area contributed by atoms with Crippen molar-refractivity contribution in [2.24, 2.45) is 0 Å². The summed E-state index contributed by atoms with van der Waals surface area (Å²) in [6.45, 7) is 16.1. The van der Waals surface area contributed by atoms with E-state index in [4.69, 9.17) is 9.47 Å². The average molecular weight is 294 g/mol. The molecule has 0 N–H and O–H groups in total. The molecular weight excluding hydrogens is 268 g/mol. The maximum absolute atomic E-state index is 11.3. The topological polar surface area (TPSA) is 52.6 Å². The summed E-state index contributed by atoms with van der Waals surface area (Å²) in [6, 6.07) is 0. The van der Waals surface area contributed by atoms with Crippen molar-refractivity contribution < 1.29 is 19.1 Å². The van der Waals surface area contributed by atoms with Gasteiger partial charge in [-0.1, -0.05) is 24.8 Å². The van der Waals surface area contributed by atoms with Crippen LogP contribution in [0.25, 0.3) is 0 Å². The lowest BCUT2D eigenvalue weighted by molar-refractivity contribution is -0.151. The molecule has 0 aliphatic heterocycles. The maximum Gasteiger partial charge on any atom is 0.330 e. The Labute approximate surface area is 127 Å². The van der Waals surface area contributed by atoms with Gasteiger partial charge in [0, 0.05) is 25.0 Å². The monoisotopic (exact) mass is 294 g/mol. The molecule has 0 aliphatic carbocycles. The molecule has 0 rings (SSSR count). The number of hydrogen-bond donors (Lipinski definition) is 0. The van der Waals surface area contributed by atoms with Gasteiger partial charge in [0.05, 0.1) is 0 Å². The molecule has 118 valence electrons. The van der Waals surface area contributed by atoms with Crippen molar-refractivity contribution in [2.75, 3.05) is 0 Å². The Morgan fingerprint density at radius 2 is 1.38 bits per heavy atom. The third-order valence-electron chi connectivity index (χ3n) is 2.73. The van der Waals surface area contributed by atoms with Crippen molar-refractivity contribution in [3.8, 4) is 0 Å². The van der Waals surface area contributed by atoms with Crippen LogP contribution >= 0.6 is 0 Å². The zero-order valence-electron chi connectivity index (χ0n) is 13.7. The summed E-state index contributed by atoms with van der Waals surface area (Å²) in [6.07, 6.45) is 5.45. The van der Waals surface area contributed by atoms with E-state index in [-0.39, 0.29) is 0 Å². The number of esters is 2. The minimum absolute atomic E-state index is 0.437. The second-order valence-electron chi connectivity index (χ2n) is 6.20. The summed E-state index contributed by atoms with van der Waals surface area (Å²) >= 11 is 0. The molecule has 21 heavy (non-hydrogen) atoms. The van der Waals surface area contributed by atoms with Crippen LogP contribution in [0.2, 0.25) is 0 Å². The molecule has 0 amide bonds. The molecule has 0 radical (unpaired) electrons. The maximum atomic E-state index is 11.3. The number of ether oxygens (including phenoxy) is 2. The van der Waals surface area contributed by atoms with Gasteiger partial charge in [0.1, 0.15) is 11.2 Å². The van der Waals surface area contributed by atoms with Crippen LogP contribution in [0.5, 0.6) is 0 Å². The molecule has 4 heteroatoms. The summed E-state index contributed by atoms with van der Waals surface area (Å²) < 4.78 is 10.5. The zero-order chi connectivity index (χ0) is 16.7. The van der Waals surface area contributed by atoms with E-state index < -0.39 is 23.1 Å². The largest absolute Gasteiger partial charge is 0.456 e. The fraction of sp³-hybridized carbons (Fsp3) is 0.529. The van der Waals surface area contributed by atoms with Crippen molar-refractivity contribution in [1.82, 2.24) is 0 Å². The highest BCUT2D eigenvalue weighted by molar-refractivity contribution is 5.81. The smallest absolute Gasteiger partial charge is 0.330 e. The molecule has 0 fully saturated rings. The van der Waals surface area contributed by atoms with Crippen molar-refractivity contribution in [3.05, 3.63) is 37.0 Å². The Hall–Kier alpha value is -1.84. The highest BCUT2D eigenvalue weighted by Crippen LogP contribution is 2.23. The summed E-state index contributed by atoms with van der Waals surface area (Å²) in [5.41, 5.74) is -0.151. The average Bonchev–Trinajstić information content (AvgIpc) is 2.34. The van der Waals surface area contributed by atoms with Gasteiger partial charge in [-0.2, -0.15) is 0 Å². The first-order valence-electron chi connectivity index (χ1n) is 6.88. The number of carbonyl (C=O) groups excluding carboxylic acids is 2. The van der Waals surface area contributed by atoms with Gasteiger partial charge >= 0.3 is 11.9 Å². The van der Waals surface area contributed by atoms with Gasteiger partial charge in [-0.15, -0.1) is 0 Å². The van der Waals surface area contributed by atoms with Crippen LogP contribution < -0.4 is 0 Å². The first-order valence-corrected chi connectivity index (χ1v) is 6.88. The number of hydrogen-bond acceptors (Lipinski definition) is 4.